The van der Waals surface area contributed by atoms with Crippen LogP contribution in [0.3, 0.4) is 0 Å². The Balaban J connectivity index is 1.81. The Morgan fingerprint density at radius 1 is 1.25 bits per heavy atom. The van der Waals surface area contributed by atoms with Crippen LogP contribution in [0.4, 0.5) is 14.9 Å². The number of urea groups is 1. The molecule has 2 atom stereocenters. The van der Waals surface area contributed by atoms with Crippen molar-refractivity contribution in [1.82, 2.24) is 10.6 Å². The van der Waals surface area contributed by atoms with Gasteiger partial charge in [0, 0.05) is 35.6 Å². The molecule has 1 heterocycles. The van der Waals surface area contributed by atoms with Gasteiger partial charge >= 0.3 is 12.0 Å². The van der Waals surface area contributed by atoms with Gasteiger partial charge < -0.3 is 15.4 Å². The molecule has 2 amide bonds. The molecule has 0 radical (unpaired) electrons. The first-order valence-corrected chi connectivity index (χ1v) is 10.9. The number of benzene rings is 1. The first kappa shape index (κ1) is 23.5. The summed E-state index contributed by atoms with van der Waals surface area (Å²) < 4.78 is 18.5. The normalized spacial score (nSPS) is 20.8. The topological polar surface area (TPSA) is 83.0 Å². The smallest absolute Gasteiger partial charge is 0.338 e. The zero-order valence-electron chi connectivity index (χ0n) is 19.2. The molecule has 2 N–H and O–H groups in total. The van der Waals surface area contributed by atoms with Crippen LogP contribution >= 0.6 is 0 Å². The Morgan fingerprint density at radius 3 is 2.66 bits per heavy atom. The molecular weight excluding hydrogens is 411 g/mol. The predicted octanol–water partition coefficient (Wildman–Crippen LogP) is 4.88. The first-order chi connectivity index (χ1) is 15.1. The van der Waals surface area contributed by atoms with Crippen molar-refractivity contribution in [2.75, 3.05) is 11.6 Å². The molecule has 0 spiro atoms. The average Bonchev–Trinajstić information content (AvgIpc) is 3.14. The molecule has 1 aromatic rings. The van der Waals surface area contributed by atoms with E-state index >= 15 is 0 Å². The standard InChI is InChI=1S/C24H31FN4O3/c1-6-32-22(30)16-8-7-9-18(13-16)29-21(14-20(28-29)24(3,4)5)27-23(31)26-19-11-10-17(25)12-15(19)2/h7-11,13,15,21H,6,12,14H2,1-5H3,(H2,26,27,31). The van der Waals surface area contributed by atoms with Crippen LogP contribution in [0.25, 0.3) is 0 Å². The number of hydrogen-bond donors (Lipinski definition) is 2. The number of halogens is 1. The number of nitrogens with one attached hydrogen (secondary N) is 2. The van der Waals surface area contributed by atoms with E-state index in [0.29, 0.717) is 23.4 Å². The molecule has 0 saturated heterocycles. The highest BCUT2D eigenvalue weighted by Gasteiger charge is 2.35. The van der Waals surface area contributed by atoms with Crippen molar-refractivity contribution in [3.63, 3.8) is 0 Å². The molecule has 1 aliphatic heterocycles. The average molecular weight is 443 g/mol. The van der Waals surface area contributed by atoms with Crippen molar-refractivity contribution in [1.29, 1.82) is 0 Å². The fourth-order valence-corrected chi connectivity index (χ4v) is 3.60. The van der Waals surface area contributed by atoms with Crippen molar-refractivity contribution < 1.29 is 18.7 Å². The number of carbonyl (C=O) groups is 2. The van der Waals surface area contributed by atoms with Crippen molar-refractivity contribution in [3.8, 4) is 0 Å². The minimum atomic E-state index is -0.437. The number of nitrogens with zero attached hydrogens (tertiary/aromatic N) is 2. The zero-order valence-corrected chi connectivity index (χ0v) is 19.2. The second-order valence-corrected chi connectivity index (χ2v) is 9.07. The lowest BCUT2D eigenvalue weighted by molar-refractivity contribution is 0.0526. The Labute approximate surface area is 188 Å². The monoisotopic (exact) mass is 442 g/mol. The highest BCUT2D eigenvalue weighted by Crippen LogP contribution is 2.31. The van der Waals surface area contributed by atoms with E-state index in [1.807, 2.05) is 13.0 Å². The van der Waals surface area contributed by atoms with Gasteiger partial charge in [0.15, 0.2) is 0 Å². The summed E-state index contributed by atoms with van der Waals surface area (Å²) in [5, 5.41) is 12.3. The largest absolute Gasteiger partial charge is 0.462 e. The number of hydrogen-bond acceptors (Lipinski definition) is 5. The van der Waals surface area contributed by atoms with Crippen LogP contribution in [0, 0.1) is 11.3 Å². The number of anilines is 1. The van der Waals surface area contributed by atoms with Crippen LogP contribution in [-0.2, 0) is 4.74 Å². The Bertz CT molecular complexity index is 978. The molecule has 1 aliphatic carbocycles. The third-order valence-corrected chi connectivity index (χ3v) is 5.43. The second kappa shape index (κ2) is 9.54. The molecule has 8 heteroatoms. The van der Waals surface area contributed by atoms with E-state index in [1.54, 1.807) is 36.2 Å². The van der Waals surface area contributed by atoms with Gasteiger partial charge in [-0.25, -0.2) is 19.0 Å². The van der Waals surface area contributed by atoms with Gasteiger partial charge in [0.05, 0.1) is 17.9 Å². The molecule has 7 nitrogen and oxygen atoms in total. The summed E-state index contributed by atoms with van der Waals surface area (Å²) in [4.78, 5) is 24.9. The Kier molecular flexibility index (Phi) is 7.01. The van der Waals surface area contributed by atoms with Crippen molar-refractivity contribution in [2.24, 2.45) is 16.4 Å². The fraction of sp³-hybridized carbons (Fsp3) is 0.458. The van der Waals surface area contributed by atoms with Gasteiger partial charge in [-0.15, -0.1) is 0 Å². The van der Waals surface area contributed by atoms with Crippen molar-refractivity contribution in [3.05, 3.63) is 53.5 Å². The minimum Gasteiger partial charge on any atom is -0.462 e. The van der Waals surface area contributed by atoms with E-state index in [4.69, 9.17) is 9.84 Å². The molecule has 0 bridgehead atoms. The molecule has 0 aromatic heterocycles. The lowest BCUT2D eigenvalue weighted by atomic mass is 9.88. The summed E-state index contributed by atoms with van der Waals surface area (Å²) in [7, 11) is 0. The first-order valence-electron chi connectivity index (χ1n) is 10.9. The number of ether oxygens (including phenoxy) is 1. The summed E-state index contributed by atoms with van der Waals surface area (Å²) in [5.74, 6) is -0.725. The highest BCUT2D eigenvalue weighted by atomic mass is 19.1. The third-order valence-electron chi connectivity index (χ3n) is 5.43. The summed E-state index contributed by atoms with van der Waals surface area (Å²) in [6, 6.07) is 6.60. The predicted molar refractivity (Wildman–Crippen MR) is 123 cm³/mol. The molecule has 0 saturated carbocycles. The van der Waals surface area contributed by atoms with Gasteiger partial charge in [0.1, 0.15) is 12.0 Å². The Hall–Kier alpha value is -3.16. The molecule has 172 valence electrons. The van der Waals surface area contributed by atoms with Crippen molar-refractivity contribution in [2.45, 2.75) is 53.6 Å². The number of hydrazone groups is 1. The lowest BCUT2D eigenvalue weighted by Crippen LogP contribution is -2.48. The second-order valence-electron chi connectivity index (χ2n) is 9.07. The number of rotatable bonds is 5. The van der Waals surface area contributed by atoms with E-state index in [-0.39, 0.29) is 36.2 Å². The quantitative estimate of drug-likeness (QED) is 0.637. The number of carbonyl (C=O) groups excluding carboxylic acids is 2. The van der Waals surface area contributed by atoms with Crippen LogP contribution in [0.15, 0.2) is 53.0 Å². The van der Waals surface area contributed by atoms with Gasteiger partial charge in [-0.1, -0.05) is 33.8 Å². The molecule has 2 unspecified atom stereocenters. The Morgan fingerprint density at radius 2 is 2.00 bits per heavy atom. The van der Waals surface area contributed by atoms with Crippen LogP contribution < -0.4 is 15.6 Å². The van der Waals surface area contributed by atoms with Crippen LogP contribution in [0.5, 0.6) is 0 Å². The van der Waals surface area contributed by atoms with E-state index in [0.717, 1.165) is 5.71 Å². The van der Waals surface area contributed by atoms with E-state index in [2.05, 4.69) is 31.4 Å². The van der Waals surface area contributed by atoms with Gasteiger partial charge in [-0.2, -0.15) is 5.10 Å². The lowest BCUT2D eigenvalue weighted by Gasteiger charge is -2.26. The fourth-order valence-electron chi connectivity index (χ4n) is 3.60. The van der Waals surface area contributed by atoms with E-state index < -0.39 is 12.1 Å². The van der Waals surface area contributed by atoms with Crippen molar-refractivity contribution >= 4 is 23.4 Å². The maximum absolute atomic E-state index is 13.4. The molecule has 3 rings (SSSR count). The molecule has 0 fully saturated rings. The molecule has 2 aliphatic rings. The van der Waals surface area contributed by atoms with Gasteiger partial charge in [-0.3, -0.25) is 0 Å². The van der Waals surface area contributed by atoms with E-state index in [9.17, 15) is 14.0 Å². The molecule has 1 aromatic carbocycles. The summed E-state index contributed by atoms with van der Waals surface area (Å²) in [6.45, 7) is 10.1. The van der Waals surface area contributed by atoms with Crippen LogP contribution in [0.1, 0.15) is 57.8 Å². The molecule has 32 heavy (non-hydrogen) atoms. The minimum absolute atomic E-state index is 0.118. The summed E-state index contributed by atoms with van der Waals surface area (Å²) in [5.41, 5.74) is 2.50. The van der Waals surface area contributed by atoms with Gasteiger partial charge in [0.2, 0.25) is 0 Å². The van der Waals surface area contributed by atoms with Gasteiger partial charge in [0.25, 0.3) is 0 Å². The number of amides is 2. The maximum atomic E-state index is 13.4. The molecular formula is C24H31FN4O3. The number of allylic oxidation sites excluding steroid dienone is 4. The van der Waals surface area contributed by atoms with Gasteiger partial charge in [-0.05, 0) is 37.3 Å². The van der Waals surface area contributed by atoms with Crippen LogP contribution in [0.2, 0.25) is 0 Å². The van der Waals surface area contributed by atoms with E-state index in [1.165, 1.54) is 6.08 Å². The summed E-state index contributed by atoms with van der Waals surface area (Å²) in [6.07, 6.45) is 3.33. The SMILES string of the molecule is CCOC(=O)c1cccc(N2N=C(C(C)(C)C)CC2NC(=O)NC2=CC=C(F)CC2C)c1. The highest BCUT2D eigenvalue weighted by molar-refractivity contribution is 5.94. The van der Waals surface area contributed by atoms with Crippen LogP contribution in [-0.4, -0.2) is 30.5 Å². The maximum Gasteiger partial charge on any atom is 0.338 e. The number of esters is 1. The zero-order chi connectivity index (χ0) is 23.5. The third kappa shape index (κ3) is 5.55. The summed E-state index contributed by atoms with van der Waals surface area (Å²) >= 11 is 0.